The highest BCUT2D eigenvalue weighted by molar-refractivity contribution is 6.75. The molecule has 6 nitrogen and oxygen atoms in total. The van der Waals surface area contributed by atoms with Crippen molar-refractivity contribution in [2.75, 3.05) is 0 Å². The molecule has 0 aromatic rings. The number of hydrogen-bond donors (Lipinski definition) is 1. The third-order valence-electron chi connectivity index (χ3n) is 11.2. The molecule has 1 rings (SSSR count). The van der Waals surface area contributed by atoms with Gasteiger partial charge >= 0.3 is 5.97 Å². The highest BCUT2D eigenvalue weighted by Crippen LogP contribution is 2.43. The van der Waals surface area contributed by atoms with Gasteiger partial charge in [0, 0.05) is 12.8 Å². The molecule has 1 saturated heterocycles. The number of rotatable bonds is 19. The van der Waals surface area contributed by atoms with Crippen molar-refractivity contribution in [3.8, 4) is 0 Å². The first-order chi connectivity index (χ1) is 21.2. The summed E-state index contributed by atoms with van der Waals surface area (Å²) in [5, 5.41) is 9.30. The number of carbonyl (C=O) groups is 1. The van der Waals surface area contributed by atoms with Gasteiger partial charge in [0.25, 0.3) is 0 Å². The van der Waals surface area contributed by atoms with E-state index in [1.54, 1.807) is 0 Å². The fraction of sp³-hybridized carbons (Fsp3) is 0.868. The van der Waals surface area contributed by atoms with Crippen molar-refractivity contribution in [2.45, 2.75) is 212 Å². The molecule has 1 fully saturated rings. The molecular formula is C38H76O6Si3. The van der Waals surface area contributed by atoms with Gasteiger partial charge in [0.05, 0.1) is 30.5 Å². The number of carboxylic acids is 1. The van der Waals surface area contributed by atoms with Crippen molar-refractivity contribution in [3.05, 3.63) is 24.3 Å². The van der Waals surface area contributed by atoms with E-state index in [2.05, 4.69) is 133 Å². The molecule has 0 spiro atoms. The highest BCUT2D eigenvalue weighted by Gasteiger charge is 2.48. The maximum Gasteiger partial charge on any atom is 0.303 e. The zero-order chi connectivity index (χ0) is 36.5. The Morgan fingerprint density at radius 3 is 1.87 bits per heavy atom. The second kappa shape index (κ2) is 18.1. The smallest absolute Gasteiger partial charge is 0.303 e. The molecule has 1 N–H and O–H groups in total. The number of allylic oxidation sites excluding steroid dienone is 1. The van der Waals surface area contributed by atoms with Crippen molar-refractivity contribution >= 4 is 30.9 Å². The molecule has 0 amide bonds. The van der Waals surface area contributed by atoms with Crippen LogP contribution in [-0.4, -0.2) is 66.5 Å². The predicted molar refractivity (Wildman–Crippen MR) is 208 cm³/mol. The van der Waals surface area contributed by atoms with Gasteiger partial charge in [-0.1, -0.05) is 113 Å². The van der Waals surface area contributed by atoms with E-state index < -0.39 is 30.9 Å². The van der Waals surface area contributed by atoms with Crippen molar-refractivity contribution in [1.29, 1.82) is 0 Å². The summed E-state index contributed by atoms with van der Waals surface area (Å²) in [5.74, 6) is -0.744. The highest BCUT2D eigenvalue weighted by atomic mass is 28.4. The van der Waals surface area contributed by atoms with Crippen LogP contribution in [0.2, 0.25) is 54.4 Å². The molecule has 1 aliphatic heterocycles. The standard InChI is InChI=1S/C38H76O6Si3/c1-17-18-21-24-30(42-45(11,12)36(2,3)4)27-28-32(43-46(13,14)37(5,6)7)33-29-34(44-47(15,16)38(8,9)10)31(41-33)25-22-19-20-23-26-35(39)40/h19,22,27-28,30-34H,17-18,20-21,23-26,29H2,1-16H3,(H,39,40)/b22-19-,28-27+/t30-,31+,32-,33+,34+/m1/s1. The van der Waals surface area contributed by atoms with Crippen molar-refractivity contribution in [2.24, 2.45) is 0 Å². The average molecular weight is 713 g/mol. The van der Waals surface area contributed by atoms with Gasteiger partial charge in [-0.3, -0.25) is 4.79 Å². The van der Waals surface area contributed by atoms with Crippen molar-refractivity contribution in [3.63, 3.8) is 0 Å². The van der Waals surface area contributed by atoms with Gasteiger partial charge in [0.2, 0.25) is 0 Å². The lowest BCUT2D eigenvalue weighted by Crippen LogP contribution is -2.47. The van der Waals surface area contributed by atoms with Gasteiger partial charge in [-0.05, 0) is 80.1 Å². The monoisotopic (exact) mass is 712 g/mol. The SMILES string of the molecule is CCCCC[C@H](/C=C/[C@@H](O[Si](C)(C)C(C)(C)C)[C@@H]1C[C@H](O[Si](C)(C)C(C)(C)C)[C@H](C/C=C\CCCC(=O)O)O1)O[Si](C)(C)C(C)(C)C. The fourth-order valence-corrected chi connectivity index (χ4v) is 8.83. The summed E-state index contributed by atoms with van der Waals surface area (Å²) in [6.45, 7) is 36.9. The summed E-state index contributed by atoms with van der Waals surface area (Å²) in [6.07, 6.45) is 16.2. The molecule has 9 heteroatoms. The number of aliphatic carboxylic acids is 1. The minimum Gasteiger partial charge on any atom is -0.481 e. The molecule has 0 bridgehead atoms. The maximum atomic E-state index is 11.0. The molecular weight excluding hydrogens is 637 g/mol. The molecule has 0 saturated carbocycles. The fourth-order valence-electron chi connectivity index (χ4n) is 4.90. The number of carboxylic acid groups (broad SMARTS) is 1. The minimum atomic E-state index is -2.14. The molecule has 276 valence electrons. The van der Waals surface area contributed by atoms with E-state index in [0.717, 1.165) is 32.1 Å². The van der Waals surface area contributed by atoms with E-state index in [9.17, 15) is 4.79 Å². The Morgan fingerprint density at radius 1 is 0.809 bits per heavy atom. The zero-order valence-corrected chi connectivity index (χ0v) is 36.5. The summed E-state index contributed by atoms with van der Waals surface area (Å²) in [5.41, 5.74) is 0. The van der Waals surface area contributed by atoms with Crippen LogP contribution in [0, 0.1) is 0 Å². The van der Waals surface area contributed by atoms with Crippen LogP contribution in [0.1, 0.15) is 127 Å². The van der Waals surface area contributed by atoms with E-state index >= 15 is 0 Å². The topological polar surface area (TPSA) is 74.2 Å². The molecule has 0 unspecified atom stereocenters. The average Bonchev–Trinajstić information content (AvgIpc) is 3.27. The first-order valence-corrected chi connectivity index (χ1v) is 27.2. The van der Waals surface area contributed by atoms with Crippen LogP contribution in [0.3, 0.4) is 0 Å². The molecule has 1 heterocycles. The number of ether oxygens (including phenoxy) is 1. The lowest BCUT2D eigenvalue weighted by Gasteiger charge is -2.40. The normalized spacial score (nSPS) is 22.0. The summed E-state index contributed by atoms with van der Waals surface area (Å²) in [4.78, 5) is 11.0. The largest absolute Gasteiger partial charge is 0.481 e. The molecule has 1 aliphatic rings. The number of unbranched alkanes of at least 4 members (excludes halogenated alkanes) is 3. The van der Waals surface area contributed by atoms with E-state index in [-0.39, 0.29) is 52.1 Å². The Bertz CT molecular complexity index is 1000. The lowest BCUT2D eigenvalue weighted by molar-refractivity contribution is -0.137. The quantitative estimate of drug-likeness (QED) is 0.0816. The first-order valence-electron chi connectivity index (χ1n) is 18.5. The second-order valence-corrected chi connectivity index (χ2v) is 32.8. The van der Waals surface area contributed by atoms with Gasteiger partial charge in [-0.25, -0.2) is 0 Å². The van der Waals surface area contributed by atoms with Crippen LogP contribution in [-0.2, 0) is 22.8 Å². The van der Waals surface area contributed by atoms with Gasteiger partial charge in [0.15, 0.2) is 25.0 Å². The third kappa shape index (κ3) is 14.7. The van der Waals surface area contributed by atoms with E-state index in [1.807, 2.05) is 0 Å². The Balaban J connectivity index is 3.47. The molecule has 0 aromatic heterocycles. The van der Waals surface area contributed by atoms with Crippen LogP contribution in [0.25, 0.3) is 0 Å². The molecule has 0 radical (unpaired) electrons. The molecule has 0 aromatic carbocycles. The first kappa shape index (κ1) is 44.5. The zero-order valence-electron chi connectivity index (χ0n) is 33.5. The Labute approximate surface area is 294 Å². The predicted octanol–water partition coefficient (Wildman–Crippen LogP) is 11.7. The van der Waals surface area contributed by atoms with Crippen LogP contribution in [0.4, 0.5) is 0 Å². The summed E-state index contributed by atoms with van der Waals surface area (Å²) >= 11 is 0. The Hall–Kier alpha value is -0.559. The molecule has 0 aliphatic carbocycles. The van der Waals surface area contributed by atoms with Gasteiger partial charge in [-0.15, -0.1) is 0 Å². The molecule has 47 heavy (non-hydrogen) atoms. The van der Waals surface area contributed by atoms with Gasteiger partial charge < -0.3 is 23.1 Å². The lowest BCUT2D eigenvalue weighted by atomic mass is 10.0. The minimum absolute atomic E-state index is 0.0210. The van der Waals surface area contributed by atoms with E-state index in [4.69, 9.17) is 23.1 Å². The summed E-state index contributed by atoms with van der Waals surface area (Å²) in [7, 11) is -6.18. The number of hydrogen-bond acceptors (Lipinski definition) is 5. The van der Waals surface area contributed by atoms with E-state index in [0.29, 0.717) is 6.42 Å². The van der Waals surface area contributed by atoms with Gasteiger partial charge in [0.1, 0.15) is 0 Å². The third-order valence-corrected chi connectivity index (χ3v) is 24.7. The Kier molecular flexibility index (Phi) is 17.1. The maximum absolute atomic E-state index is 11.0. The van der Waals surface area contributed by atoms with Crippen molar-refractivity contribution < 1.29 is 27.9 Å². The summed E-state index contributed by atoms with van der Waals surface area (Å²) < 4.78 is 28.2. The molecule has 5 atom stereocenters. The van der Waals surface area contributed by atoms with Gasteiger partial charge in [-0.2, -0.15) is 0 Å². The van der Waals surface area contributed by atoms with Crippen LogP contribution < -0.4 is 0 Å². The summed E-state index contributed by atoms with van der Waals surface area (Å²) in [6, 6.07) is 0. The Morgan fingerprint density at radius 2 is 1.36 bits per heavy atom. The van der Waals surface area contributed by atoms with E-state index in [1.165, 1.54) is 12.8 Å². The van der Waals surface area contributed by atoms with Crippen LogP contribution in [0.5, 0.6) is 0 Å². The second-order valence-electron chi connectivity index (χ2n) is 18.5. The van der Waals surface area contributed by atoms with Crippen LogP contribution >= 0.6 is 0 Å². The van der Waals surface area contributed by atoms with Crippen molar-refractivity contribution in [1.82, 2.24) is 0 Å². The van der Waals surface area contributed by atoms with Crippen LogP contribution in [0.15, 0.2) is 24.3 Å².